The fourth-order valence-corrected chi connectivity index (χ4v) is 1.93. The van der Waals surface area contributed by atoms with E-state index >= 15 is 0 Å². The van der Waals surface area contributed by atoms with Crippen LogP contribution < -0.4 is 11.1 Å². The number of aromatic nitrogens is 2. The molecule has 0 unspecified atom stereocenters. The molecule has 1 aromatic rings. The van der Waals surface area contributed by atoms with Gasteiger partial charge in [0, 0.05) is 12.2 Å². The summed E-state index contributed by atoms with van der Waals surface area (Å²) in [6, 6.07) is 0. The Balaban J connectivity index is 2.18. The van der Waals surface area contributed by atoms with Crippen LogP contribution >= 0.6 is 0 Å². The van der Waals surface area contributed by atoms with Crippen molar-refractivity contribution < 1.29 is 4.79 Å². The Labute approximate surface area is 109 Å². The number of unbranched alkanes of at least 4 members (excludes halogenated alkanes) is 5. The van der Waals surface area contributed by atoms with E-state index in [1.165, 1.54) is 32.1 Å². The molecule has 1 aromatic heterocycles. The highest BCUT2D eigenvalue weighted by Gasteiger charge is 2.14. The van der Waals surface area contributed by atoms with Crippen LogP contribution in [0.5, 0.6) is 0 Å². The van der Waals surface area contributed by atoms with Gasteiger partial charge in [-0.1, -0.05) is 39.0 Å². The zero-order valence-corrected chi connectivity index (χ0v) is 11.4. The highest BCUT2D eigenvalue weighted by molar-refractivity contribution is 5.99. The van der Waals surface area contributed by atoms with Gasteiger partial charge in [-0.05, 0) is 13.3 Å². The van der Waals surface area contributed by atoms with Gasteiger partial charge < -0.3 is 11.1 Å². The molecule has 1 heterocycles. The number of nitrogen functional groups attached to an aromatic ring is 1. The maximum atomic E-state index is 11.8. The number of hydrogen-bond acceptors (Lipinski definition) is 3. The highest BCUT2D eigenvalue weighted by atomic mass is 16.1. The van der Waals surface area contributed by atoms with Crippen molar-refractivity contribution in [3.05, 3.63) is 11.3 Å². The number of carbonyl (C=O) groups excluding carboxylic acids is 1. The Morgan fingerprint density at radius 2 is 1.94 bits per heavy atom. The molecule has 1 amide bonds. The lowest BCUT2D eigenvalue weighted by atomic mass is 10.1. The summed E-state index contributed by atoms with van der Waals surface area (Å²) in [5, 5.41) is 9.39. The molecule has 0 aromatic carbocycles. The lowest BCUT2D eigenvalue weighted by Gasteiger charge is -2.05. The largest absolute Gasteiger partial charge is 0.382 e. The van der Waals surface area contributed by atoms with Crippen LogP contribution in [0.3, 0.4) is 0 Å². The first-order valence-electron chi connectivity index (χ1n) is 6.75. The fourth-order valence-electron chi connectivity index (χ4n) is 1.93. The first-order valence-corrected chi connectivity index (χ1v) is 6.75. The molecule has 5 heteroatoms. The van der Waals surface area contributed by atoms with Crippen molar-refractivity contribution in [3.8, 4) is 0 Å². The van der Waals surface area contributed by atoms with E-state index in [1.807, 2.05) is 0 Å². The Kier molecular flexibility index (Phi) is 6.25. The van der Waals surface area contributed by atoms with Gasteiger partial charge in [0.1, 0.15) is 5.56 Å². The van der Waals surface area contributed by atoms with E-state index in [0.717, 1.165) is 6.42 Å². The van der Waals surface area contributed by atoms with Gasteiger partial charge in [0.2, 0.25) is 0 Å². The molecule has 0 fully saturated rings. The van der Waals surface area contributed by atoms with Crippen molar-refractivity contribution in [1.29, 1.82) is 0 Å². The molecule has 0 saturated heterocycles. The minimum absolute atomic E-state index is 0.132. The Morgan fingerprint density at radius 1 is 1.28 bits per heavy atom. The van der Waals surface area contributed by atoms with Gasteiger partial charge in [0.25, 0.3) is 5.91 Å². The summed E-state index contributed by atoms with van der Waals surface area (Å²) >= 11 is 0. The minimum Gasteiger partial charge on any atom is -0.382 e. The second-order valence-corrected chi connectivity index (χ2v) is 4.63. The van der Waals surface area contributed by atoms with Gasteiger partial charge in [-0.2, -0.15) is 5.10 Å². The van der Waals surface area contributed by atoms with E-state index < -0.39 is 0 Å². The molecule has 0 saturated carbocycles. The van der Waals surface area contributed by atoms with Crippen molar-refractivity contribution in [1.82, 2.24) is 15.5 Å². The third-order valence-corrected chi connectivity index (χ3v) is 3.02. The van der Waals surface area contributed by atoms with E-state index in [-0.39, 0.29) is 11.7 Å². The molecule has 0 aliphatic carbocycles. The third-order valence-electron chi connectivity index (χ3n) is 3.02. The molecule has 4 N–H and O–H groups in total. The van der Waals surface area contributed by atoms with Crippen LogP contribution in [-0.4, -0.2) is 22.6 Å². The molecule has 0 atom stereocenters. The Bertz CT molecular complexity index is 354. The van der Waals surface area contributed by atoms with E-state index in [2.05, 4.69) is 22.4 Å². The molecule has 5 nitrogen and oxygen atoms in total. The molecular weight excluding hydrogens is 228 g/mol. The summed E-state index contributed by atoms with van der Waals surface area (Å²) in [5.41, 5.74) is 6.81. The van der Waals surface area contributed by atoms with Crippen LogP contribution in [0.4, 0.5) is 5.82 Å². The van der Waals surface area contributed by atoms with E-state index in [9.17, 15) is 4.79 Å². The van der Waals surface area contributed by atoms with Crippen molar-refractivity contribution >= 4 is 11.7 Å². The van der Waals surface area contributed by atoms with Gasteiger partial charge in [0.15, 0.2) is 5.82 Å². The van der Waals surface area contributed by atoms with Crippen molar-refractivity contribution in [2.24, 2.45) is 0 Å². The lowest BCUT2D eigenvalue weighted by Crippen LogP contribution is -2.25. The maximum absolute atomic E-state index is 11.8. The summed E-state index contributed by atoms with van der Waals surface area (Å²) in [5.74, 6) is 0.139. The molecule has 102 valence electrons. The SMILES string of the molecule is CCCCCCCCNC(=O)c1c(N)n[nH]c1C. The number of carbonyl (C=O) groups is 1. The van der Waals surface area contributed by atoms with Crippen molar-refractivity contribution in [3.63, 3.8) is 0 Å². The molecule has 0 spiro atoms. The summed E-state index contributed by atoms with van der Waals surface area (Å²) < 4.78 is 0. The second-order valence-electron chi connectivity index (χ2n) is 4.63. The second kappa shape index (κ2) is 7.74. The number of amides is 1. The average Bonchev–Trinajstić information content (AvgIpc) is 2.68. The van der Waals surface area contributed by atoms with Crippen LogP contribution in [0.25, 0.3) is 0 Å². The first kappa shape index (κ1) is 14.5. The molecule has 0 bridgehead atoms. The van der Waals surface area contributed by atoms with Crippen molar-refractivity contribution in [2.75, 3.05) is 12.3 Å². The summed E-state index contributed by atoms with van der Waals surface area (Å²) in [7, 11) is 0. The van der Waals surface area contributed by atoms with E-state index in [1.54, 1.807) is 6.92 Å². The van der Waals surface area contributed by atoms with E-state index in [0.29, 0.717) is 17.8 Å². The number of anilines is 1. The number of aryl methyl sites for hydroxylation is 1. The highest BCUT2D eigenvalue weighted by Crippen LogP contribution is 2.11. The standard InChI is InChI=1S/C13H24N4O/c1-3-4-5-6-7-8-9-15-13(18)11-10(2)16-17-12(11)14/h3-9H2,1-2H3,(H,15,18)(H3,14,16,17). The Hall–Kier alpha value is -1.52. The topological polar surface area (TPSA) is 83.8 Å². The number of aromatic amines is 1. The first-order chi connectivity index (χ1) is 8.66. The number of nitrogens with zero attached hydrogens (tertiary/aromatic N) is 1. The predicted molar refractivity (Wildman–Crippen MR) is 73.4 cm³/mol. The number of rotatable bonds is 8. The van der Waals surface area contributed by atoms with Crippen molar-refractivity contribution in [2.45, 2.75) is 52.4 Å². The van der Waals surface area contributed by atoms with Gasteiger partial charge in [-0.15, -0.1) is 0 Å². The van der Waals surface area contributed by atoms with Crippen LogP contribution in [0.15, 0.2) is 0 Å². The molecule has 1 rings (SSSR count). The number of H-pyrrole nitrogens is 1. The molecule has 0 aliphatic rings. The van der Waals surface area contributed by atoms with Gasteiger partial charge in [-0.25, -0.2) is 0 Å². The fraction of sp³-hybridized carbons (Fsp3) is 0.692. The molecule has 0 aliphatic heterocycles. The smallest absolute Gasteiger partial charge is 0.256 e. The summed E-state index contributed by atoms with van der Waals surface area (Å²) in [6.45, 7) is 4.70. The number of nitrogens with two attached hydrogens (primary N) is 1. The summed E-state index contributed by atoms with van der Waals surface area (Å²) in [6.07, 6.45) is 7.29. The molecule has 18 heavy (non-hydrogen) atoms. The number of nitrogens with one attached hydrogen (secondary N) is 2. The average molecular weight is 252 g/mol. The number of hydrogen-bond donors (Lipinski definition) is 3. The predicted octanol–water partition coefficient (Wildman–Crippen LogP) is 2.39. The van der Waals surface area contributed by atoms with Crippen LogP contribution in [-0.2, 0) is 0 Å². The Morgan fingerprint density at radius 3 is 2.56 bits per heavy atom. The van der Waals surface area contributed by atoms with Gasteiger partial charge in [0.05, 0.1) is 0 Å². The quantitative estimate of drug-likeness (QED) is 0.621. The normalized spacial score (nSPS) is 10.6. The van der Waals surface area contributed by atoms with Crippen LogP contribution in [0.1, 0.15) is 61.5 Å². The molecule has 0 radical (unpaired) electrons. The lowest BCUT2D eigenvalue weighted by molar-refractivity contribution is 0.0953. The van der Waals surface area contributed by atoms with Gasteiger partial charge in [-0.3, -0.25) is 9.89 Å². The zero-order chi connectivity index (χ0) is 13.4. The maximum Gasteiger partial charge on any atom is 0.256 e. The van der Waals surface area contributed by atoms with Gasteiger partial charge >= 0.3 is 0 Å². The van der Waals surface area contributed by atoms with Crippen LogP contribution in [0.2, 0.25) is 0 Å². The van der Waals surface area contributed by atoms with Crippen LogP contribution in [0, 0.1) is 6.92 Å². The minimum atomic E-state index is -0.132. The monoisotopic (exact) mass is 252 g/mol. The molecular formula is C13H24N4O. The zero-order valence-electron chi connectivity index (χ0n) is 11.4. The third kappa shape index (κ3) is 4.39. The van der Waals surface area contributed by atoms with E-state index in [4.69, 9.17) is 5.73 Å². The summed E-state index contributed by atoms with van der Waals surface area (Å²) in [4.78, 5) is 11.8.